The van der Waals surface area contributed by atoms with Crippen LogP contribution >= 0.6 is 0 Å². The molecule has 0 bridgehead atoms. The van der Waals surface area contributed by atoms with Crippen LogP contribution in [0.1, 0.15) is 30.5 Å². The van der Waals surface area contributed by atoms with Crippen LogP contribution in [0.4, 0.5) is 4.39 Å². The number of aryl methyl sites for hydroxylation is 1. The van der Waals surface area contributed by atoms with Crippen molar-refractivity contribution < 1.29 is 4.39 Å². The van der Waals surface area contributed by atoms with Crippen LogP contribution in [0.15, 0.2) is 18.2 Å². The lowest BCUT2D eigenvalue weighted by Crippen LogP contribution is -1.98. The Bertz CT molecular complexity index is 352. The van der Waals surface area contributed by atoms with Crippen LogP contribution in [-0.2, 0) is 6.42 Å². The van der Waals surface area contributed by atoms with Gasteiger partial charge in [0.15, 0.2) is 0 Å². The molecule has 0 fully saturated rings. The smallest absolute Gasteiger partial charge is 0.0997 e. The molecular weight excluding hydrogens is 177 g/mol. The van der Waals surface area contributed by atoms with E-state index in [9.17, 15) is 4.39 Å². The first-order valence-corrected chi connectivity index (χ1v) is 4.64. The second-order valence-electron chi connectivity index (χ2n) is 3.25. The molecule has 14 heavy (non-hydrogen) atoms. The zero-order valence-corrected chi connectivity index (χ0v) is 8.47. The highest BCUT2D eigenvalue weighted by molar-refractivity contribution is 5.44. The summed E-state index contributed by atoms with van der Waals surface area (Å²) in [5.74, 6) is 0.671. The minimum atomic E-state index is -0.462. The van der Waals surface area contributed by atoms with Crippen LogP contribution in [0.5, 0.6) is 0 Å². The van der Waals surface area contributed by atoms with E-state index in [1.807, 2.05) is 19.1 Å². The molecule has 0 aliphatic rings. The Labute approximate surface area is 84.2 Å². The number of alkyl halides is 1. The normalized spacial score (nSPS) is 10.2. The summed E-state index contributed by atoms with van der Waals surface area (Å²) in [6.07, 6.45) is 0.831. The molecule has 0 saturated carbocycles. The van der Waals surface area contributed by atoms with Gasteiger partial charge in [0.25, 0.3) is 0 Å². The summed E-state index contributed by atoms with van der Waals surface area (Å²) >= 11 is 0. The fourth-order valence-corrected chi connectivity index (χ4v) is 1.33. The van der Waals surface area contributed by atoms with E-state index in [2.05, 4.69) is 6.07 Å². The van der Waals surface area contributed by atoms with E-state index >= 15 is 0 Å². The third kappa shape index (κ3) is 2.11. The summed E-state index contributed by atoms with van der Waals surface area (Å²) in [4.78, 5) is 0. The van der Waals surface area contributed by atoms with Crippen molar-refractivity contribution in [2.24, 2.45) is 0 Å². The average Bonchev–Trinajstić information content (AvgIpc) is 2.26. The lowest BCUT2D eigenvalue weighted by atomic mass is 9.96. The SMILES string of the molecule is CCc1ccc([C](C)CF)cc1C#N. The Hall–Kier alpha value is -1.36. The van der Waals surface area contributed by atoms with Gasteiger partial charge in [-0.15, -0.1) is 0 Å². The van der Waals surface area contributed by atoms with Gasteiger partial charge in [-0.3, -0.25) is 4.39 Å². The monoisotopic (exact) mass is 190 g/mol. The van der Waals surface area contributed by atoms with Crippen LogP contribution in [0.25, 0.3) is 0 Å². The predicted octanol–water partition coefficient (Wildman–Crippen LogP) is 3.03. The van der Waals surface area contributed by atoms with Gasteiger partial charge in [-0.1, -0.05) is 26.0 Å². The minimum Gasteiger partial charge on any atom is -0.250 e. The highest BCUT2D eigenvalue weighted by Gasteiger charge is 2.08. The van der Waals surface area contributed by atoms with Crippen LogP contribution in [0, 0.1) is 17.2 Å². The molecule has 1 nitrogen and oxygen atoms in total. The lowest BCUT2D eigenvalue weighted by molar-refractivity contribution is 0.516. The van der Waals surface area contributed by atoms with Gasteiger partial charge in [0.2, 0.25) is 0 Å². The molecule has 0 unspecified atom stereocenters. The van der Waals surface area contributed by atoms with Crippen LogP contribution in [0.2, 0.25) is 0 Å². The number of nitriles is 1. The fraction of sp³-hybridized carbons (Fsp3) is 0.333. The van der Waals surface area contributed by atoms with Gasteiger partial charge in [0, 0.05) is 5.92 Å². The molecule has 0 spiro atoms. The minimum absolute atomic E-state index is 0.462. The first kappa shape index (κ1) is 10.7. The molecule has 2 heteroatoms. The molecule has 0 atom stereocenters. The molecule has 0 amide bonds. The molecule has 0 saturated heterocycles. The highest BCUT2D eigenvalue weighted by Crippen LogP contribution is 2.19. The van der Waals surface area contributed by atoms with Gasteiger partial charge in [-0.05, 0) is 23.6 Å². The zero-order valence-electron chi connectivity index (χ0n) is 8.47. The van der Waals surface area contributed by atoms with Crippen molar-refractivity contribution in [2.45, 2.75) is 20.3 Å². The Morgan fingerprint density at radius 3 is 2.71 bits per heavy atom. The van der Waals surface area contributed by atoms with E-state index in [4.69, 9.17) is 5.26 Å². The molecular formula is C12H13FN. The maximum absolute atomic E-state index is 12.4. The Balaban J connectivity index is 3.09. The number of hydrogen-bond acceptors (Lipinski definition) is 1. The van der Waals surface area contributed by atoms with Crippen molar-refractivity contribution in [3.8, 4) is 6.07 Å². The van der Waals surface area contributed by atoms with Crippen LogP contribution in [0.3, 0.4) is 0 Å². The predicted molar refractivity (Wildman–Crippen MR) is 54.5 cm³/mol. The second kappa shape index (κ2) is 4.76. The number of rotatable bonds is 3. The van der Waals surface area contributed by atoms with E-state index < -0.39 is 6.67 Å². The summed E-state index contributed by atoms with van der Waals surface area (Å²) < 4.78 is 12.4. The first-order chi connectivity index (χ1) is 6.72. The summed E-state index contributed by atoms with van der Waals surface area (Å²) in [5, 5.41) is 8.88. The molecule has 0 heterocycles. The third-order valence-corrected chi connectivity index (χ3v) is 2.30. The molecule has 73 valence electrons. The second-order valence-corrected chi connectivity index (χ2v) is 3.25. The largest absolute Gasteiger partial charge is 0.250 e. The maximum atomic E-state index is 12.4. The number of hydrogen-bond donors (Lipinski definition) is 0. The topological polar surface area (TPSA) is 23.8 Å². The fourth-order valence-electron chi connectivity index (χ4n) is 1.33. The van der Waals surface area contributed by atoms with Crippen molar-refractivity contribution in [3.05, 3.63) is 40.8 Å². The number of benzene rings is 1. The molecule has 1 rings (SSSR count). The number of halogens is 1. The lowest BCUT2D eigenvalue weighted by Gasteiger charge is -2.08. The summed E-state index contributed by atoms with van der Waals surface area (Å²) in [5.41, 5.74) is 2.49. The number of nitrogens with zero attached hydrogens (tertiary/aromatic N) is 1. The summed E-state index contributed by atoms with van der Waals surface area (Å²) in [6.45, 7) is 3.28. The standard InChI is InChI=1S/C12H13FN/c1-3-10-4-5-11(9(2)7-13)6-12(10)8-14/h4-6H,3,7H2,1-2H3. The van der Waals surface area contributed by atoms with Gasteiger partial charge in [-0.2, -0.15) is 5.26 Å². The molecule has 0 aliphatic heterocycles. The van der Waals surface area contributed by atoms with E-state index in [0.29, 0.717) is 11.5 Å². The van der Waals surface area contributed by atoms with Gasteiger partial charge < -0.3 is 0 Å². The molecule has 0 aromatic heterocycles. The molecule has 1 aromatic carbocycles. The van der Waals surface area contributed by atoms with E-state index in [-0.39, 0.29) is 0 Å². The van der Waals surface area contributed by atoms with Crippen molar-refractivity contribution in [1.82, 2.24) is 0 Å². The van der Waals surface area contributed by atoms with Gasteiger partial charge in [0.05, 0.1) is 18.3 Å². The van der Waals surface area contributed by atoms with Crippen molar-refractivity contribution in [3.63, 3.8) is 0 Å². The maximum Gasteiger partial charge on any atom is 0.0997 e. The quantitative estimate of drug-likeness (QED) is 0.718. The van der Waals surface area contributed by atoms with Crippen LogP contribution in [-0.4, -0.2) is 6.67 Å². The first-order valence-electron chi connectivity index (χ1n) is 4.64. The average molecular weight is 190 g/mol. The zero-order chi connectivity index (χ0) is 10.6. The third-order valence-electron chi connectivity index (χ3n) is 2.30. The van der Waals surface area contributed by atoms with Crippen molar-refractivity contribution >= 4 is 0 Å². The van der Waals surface area contributed by atoms with Crippen molar-refractivity contribution in [2.75, 3.05) is 6.67 Å². The molecule has 1 aromatic rings. The highest BCUT2D eigenvalue weighted by atomic mass is 19.1. The van der Waals surface area contributed by atoms with E-state index in [1.165, 1.54) is 0 Å². The molecule has 0 aliphatic carbocycles. The Kier molecular flexibility index (Phi) is 3.64. The summed E-state index contributed by atoms with van der Waals surface area (Å²) in [6, 6.07) is 7.65. The Morgan fingerprint density at radius 1 is 1.50 bits per heavy atom. The van der Waals surface area contributed by atoms with Gasteiger partial charge in [-0.25, -0.2) is 0 Å². The Morgan fingerprint density at radius 2 is 2.21 bits per heavy atom. The van der Waals surface area contributed by atoms with E-state index in [1.54, 1.807) is 13.0 Å². The molecule has 0 N–H and O–H groups in total. The van der Waals surface area contributed by atoms with Gasteiger partial charge >= 0.3 is 0 Å². The molecule has 1 radical (unpaired) electrons. The summed E-state index contributed by atoms with van der Waals surface area (Å²) in [7, 11) is 0. The van der Waals surface area contributed by atoms with E-state index in [0.717, 1.165) is 17.5 Å². The van der Waals surface area contributed by atoms with Crippen LogP contribution < -0.4 is 0 Å². The van der Waals surface area contributed by atoms with Gasteiger partial charge in [0.1, 0.15) is 0 Å². The van der Waals surface area contributed by atoms with Crippen molar-refractivity contribution in [1.29, 1.82) is 5.26 Å².